The summed E-state index contributed by atoms with van der Waals surface area (Å²) in [6.07, 6.45) is 9.31. The molecule has 12 heavy (non-hydrogen) atoms. The molecule has 1 unspecified atom stereocenters. The summed E-state index contributed by atoms with van der Waals surface area (Å²) < 4.78 is 0.800. The molecule has 1 atom stereocenters. The van der Waals surface area contributed by atoms with Gasteiger partial charge in [-0.05, 0) is 38.0 Å². The van der Waals surface area contributed by atoms with E-state index in [-0.39, 0.29) is 0 Å². The number of hydrogen-bond donors (Lipinski definition) is 0. The van der Waals surface area contributed by atoms with E-state index in [1.165, 1.54) is 32.1 Å². The Balaban J connectivity index is 2.29. The molecule has 1 aliphatic carbocycles. The molecule has 0 aromatic rings. The quantitative estimate of drug-likeness (QED) is 0.400. The summed E-state index contributed by atoms with van der Waals surface area (Å²) in [4.78, 5) is 0. The lowest BCUT2D eigenvalue weighted by molar-refractivity contribution is 0.443. The Morgan fingerprint density at radius 2 is 2.08 bits per heavy atom. The fourth-order valence-corrected chi connectivity index (χ4v) is 1.92. The molecule has 0 aromatic carbocycles. The summed E-state index contributed by atoms with van der Waals surface area (Å²) >= 11 is 2.50. The minimum absolute atomic E-state index is 0.800. The highest BCUT2D eigenvalue weighted by atomic mass is 127. The standard InChI is InChI=1S/C11H19I/c1-9-3-6-11(7-4-9)8-5-10(2)12/h8-10H,3-7H2,1-2H3. The van der Waals surface area contributed by atoms with E-state index in [0.717, 1.165) is 9.84 Å². The summed E-state index contributed by atoms with van der Waals surface area (Å²) in [5.74, 6) is 0.971. The zero-order valence-corrected chi connectivity index (χ0v) is 10.3. The van der Waals surface area contributed by atoms with Crippen LogP contribution in [-0.2, 0) is 0 Å². The smallest absolute Gasteiger partial charge is 0.0116 e. The predicted octanol–water partition coefficient (Wildman–Crippen LogP) is 4.34. The monoisotopic (exact) mass is 278 g/mol. The van der Waals surface area contributed by atoms with Gasteiger partial charge in [0.05, 0.1) is 0 Å². The third-order valence-corrected chi connectivity index (χ3v) is 3.16. The minimum Gasteiger partial charge on any atom is -0.0843 e. The van der Waals surface area contributed by atoms with Gasteiger partial charge in [-0.2, -0.15) is 0 Å². The second-order valence-electron chi connectivity index (χ2n) is 4.06. The van der Waals surface area contributed by atoms with Crippen LogP contribution in [0.2, 0.25) is 0 Å². The van der Waals surface area contributed by atoms with Crippen LogP contribution >= 0.6 is 22.6 Å². The van der Waals surface area contributed by atoms with Crippen molar-refractivity contribution < 1.29 is 0 Å². The highest BCUT2D eigenvalue weighted by Crippen LogP contribution is 2.28. The Bertz CT molecular complexity index is 148. The van der Waals surface area contributed by atoms with Crippen molar-refractivity contribution in [2.75, 3.05) is 0 Å². The normalized spacial score (nSPS) is 26.9. The van der Waals surface area contributed by atoms with Gasteiger partial charge in [-0.25, -0.2) is 0 Å². The maximum Gasteiger partial charge on any atom is 0.0116 e. The Morgan fingerprint density at radius 1 is 1.50 bits per heavy atom. The summed E-state index contributed by atoms with van der Waals surface area (Å²) in [6.45, 7) is 4.65. The highest BCUT2D eigenvalue weighted by molar-refractivity contribution is 14.1. The number of halogens is 1. The fraction of sp³-hybridized carbons (Fsp3) is 0.818. The molecule has 0 spiro atoms. The molecule has 1 saturated carbocycles. The van der Waals surface area contributed by atoms with Crippen molar-refractivity contribution >= 4 is 22.6 Å². The van der Waals surface area contributed by atoms with Crippen LogP contribution in [0.15, 0.2) is 11.6 Å². The third kappa shape index (κ3) is 3.92. The zero-order chi connectivity index (χ0) is 8.97. The molecular formula is C11H19I. The SMILES string of the molecule is CC(I)CC=C1CCC(C)CC1. The molecule has 0 heterocycles. The van der Waals surface area contributed by atoms with Crippen LogP contribution in [-0.4, -0.2) is 3.92 Å². The molecule has 0 amide bonds. The molecule has 0 nitrogen and oxygen atoms in total. The molecule has 70 valence electrons. The zero-order valence-electron chi connectivity index (χ0n) is 8.15. The third-order valence-electron chi connectivity index (χ3n) is 2.65. The van der Waals surface area contributed by atoms with Crippen LogP contribution < -0.4 is 0 Å². The van der Waals surface area contributed by atoms with E-state index in [2.05, 4.69) is 42.5 Å². The highest BCUT2D eigenvalue weighted by Gasteiger charge is 2.11. The predicted molar refractivity (Wildman–Crippen MR) is 63.8 cm³/mol. The number of allylic oxidation sites excluding steroid dienone is 2. The van der Waals surface area contributed by atoms with Crippen molar-refractivity contribution in [3.05, 3.63) is 11.6 Å². The van der Waals surface area contributed by atoms with E-state index in [9.17, 15) is 0 Å². The van der Waals surface area contributed by atoms with E-state index in [1.807, 2.05) is 0 Å². The van der Waals surface area contributed by atoms with Gasteiger partial charge in [0.25, 0.3) is 0 Å². The van der Waals surface area contributed by atoms with Gasteiger partial charge in [0.15, 0.2) is 0 Å². The maximum absolute atomic E-state index is 2.50. The van der Waals surface area contributed by atoms with Crippen LogP contribution in [0.5, 0.6) is 0 Å². The largest absolute Gasteiger partial charge is 0.0843 e. The van der Waals surface area contributed by atoms with Crippen molar-refractivity contribution in [2.24, 2.45) is 5.92 Å². The van der Waals surface area contributed by atoms with Crippen LogP contribution in [0.25, 0.3) is 0 Å². The molecule has 1 heteroatoms. The molecule has 0 N–H and O–H groups in total. The van der Waals surface area contributed by atoms with Gasteiger partial charge in [-0.1, -0.05) is 48.1 Å². The lowest BCUT2D eigenvalue weighted by atomic mass is 9.87. The van der Waals surface area contributed by atoms with E-state index in [0.29, 0.717) is 0 Å². The molecule has 0 aromatic heterocycles. The Labute approximate surface area is 90.0 Å². The lowest BCUT2D eigenvalue weighted by Crippen LogP contribution is -2.04. The molecule has 1 rings (SSSR count). The first-order chi connectivity index (χ1) is 5.68. The second kappa shape index (κ2) is 5.25. The summed E-state index contributed by atoms with van der Waals surface area (Å²) in [5.41, 5.74) is 1.72. The van der Waals surface area contributed by atoms with E-state index >= 15 is 0 Å². The van der Waals surface area contributed by atoms with Gasteiger partial charge in [0.1, 0.15) is 0 Å². The lowest BCUT2D eigenvalue weighted by Gasteiger charge is -2.20. The van der Waals surface area contributed by atoms with Crippen molar-refractivity contribution in [2.45, 2.75) is 49.9 Å². The molecule has 0 aliphatic heterocycles. The van der Waals surface area contributed by atoms with Gasteiger partial charge in [-0.3, -0.25) is 0 Å². The van der Waals surface area contributed by atoms with Gasteiger partial charge in [-0.15, -0.1) is 0 Å². The number of rotatable bonds is 2. The first-order valence-electron chi connectivity index (χ1n) is 5.00. The topological polar surface area (TPSA) is 0 Å². The maximum atomic E-state index is 2.50. The number of hydrogen-bond acceptors (Lipinski definition) is 0. The van der Waals surface area contributed by atoms with Crippen LogP contribution in [0, 0.1) is 5.92 Å². The van der Waals surface area contributed by atoms with Gasteiger partial charge in [0, 0.05) is 3.92 Å². The molecule has 0 saturated heterocycles. The van der Waals surface area contributed by atoms with Crippen molar-refractivity contribution in [1.29, 1.82) is 0 Å². The molecule has 1 aliphatic rings. The molecule has 1 fully saturated rings. The Kier molecular flexibility index (Phi) is 4.62. The van der Waals surface area contributed by atoms with Crippen LogP contribution in [0.3, 0.4) is 0 Å². The van der Waals surface area contributed by atoms with Crippen molar-refractivity contribution in [3.63, 3.8) is 0 Å². The molecule has 0 bridgehead atoms. The average molecular weight is 278 g/mol. The van der Waals surface area contributed by atoms with E-state index < -0.39 is 0 Å². The summed E-state index contributed by atoms with van der Waals surface area (Å²) in [5, 5.41) is 0. The number of alkyl halides is 1. The van der Waals surface area contributed by atoms with Gasteiger partial charge in [0.2, 0.25) is 0 Å². The summed E-state index contributed by atoms with van der Waals surface area (Å²) in [6, 6.07) is 0. The first kappa shape index (κ1) is 10.6. The van der Waals surface area contributed by atoms with E-state index in [1.54, 1.807) is 5.57 Å². The van der Waals surface area contributed by atoms with E-state index in [4.69, 9.17) is 0 Å². The van der Waals surface area contributed by atoms with Gasteiger partial charge < -0.3 is 0 Å². The average Bonchev–Trinajstić information content (AvgIpc) is 2.03. The van der Waals surface area contributed by atoms with Crippen molar-refractivity contribution in [3.8, 4) is 0 Å². The van der Waals surface area contributed by atoms with Crippen LogP contribution in [0.4, 0.5) is 0 Å². The first-order valence-corrected chi connectivity index (χ1v) is 6.25. The second-order valence-corrected chi connectivity index (χ2v) is 6.19. The van der Waals surface area contributed by atoms with Crippen LogP contribution in [0.1, 0.15) is 46.0 Å². The Morgan fingerprint density at radius 3 is 2.58 bits per heavy atom. The minimum atomic E-state index is 0.800. The molecular weight excluding hydrogens is 259 g/mol. The van der Waals surface area contributed by atoms with Crippen molar-refractivity contribution in [1.82, 2.24) is 0 Å². The molecule has 0 radical (unpaired) electrons. The fourth-order valence-electron chi connectivity index (χ4n) is 1.67. The Hall–Kier alpha value is 0.470. The van der Waals surface area contributed by atoms with Gasteiger partial charge >= 0.3 is 0 Å². The summed E-state index contributed by atoms with van der Waals surface area (Å²) in [7, 11) is 0.